The van der Waals surface area contributed by atoms with Crippen molar-refractivity contribution >= 4 is 28.7 Å². The molecule has 4 rings (SSSR count). The SMILES string of the molecule is O=C(/C=C/c1ccccc1)NCC(=O)N1CCN(Cc2cccc3ccccc23)CC1. The molecule has 0 aliphatic carbocycles. The van der Waals surface area contributed by atoms with Gasteiger partial charge in [0, 0.05) is 38.8 Å². The van der Waals surface area contributed by atoms with Crippen molar-refractivity contribution in [3.63, 3.8) is 0 Å². The van der Waals surface area contributed by atoms with E-state index in [-0.39, 0.29) is 18.4 Å². The molecule has 1 saturated heterocycles. The van der Waals surface area contributed by atoms with E-state index in [9.17, 15) is 9.59 Å². The average molecular weight is 414 g/mol. The van der Waals surface area contributed by atoms with Crippen LogP contribution in [0.5, 0.6) is 0 Å². The fourth-order valence-corrected chi connectivity index (χ4v) is 3.90. The van der Waals surface area contributed by atoms with Crippen LogP contribution in [-0.4, -0.2) is 54.3 Å². The fourth-order valence-electron chi connectivity index (χ4n) is 3.90. The molecule has 0 spiro atoms. The largest absolute Gasteiger partial charge is 0.343 e. The summed E-state index contributed by atoms with van der Waals surface area (Å²) >= 11 is 0. The molecule has 5 nitrogen and oxygen atoms in total. The van der Waals surface area contributed by atoms with Crippen LogP contribution in [0.15, 0.2) is 78.9 Å². The van der Waals surface area contributed by atoms with Gasteiger partial charge in [-0.2, -0.15) is 0 Å². The quantitative estimate of drug-likeness (QED) is 0.631. The Balaban J connectivity index is 1.23. The van der Waals surface area contributed by atoms with Gasteiger partial charge >= 0.3 is 0 Å². The number of carbonyl (C=O) groups is 2. The van der Waals surface area contributed by atoms with Gasteiger partial charge in [-0.15, -0.1) is 0 Å². The Kier molecular flexibility index (Phi) is 6.75. The van der Waals surface area contributed by atoms with E-state index in [1.54, 1.807) is 6.08 Å². The van der Waals surface area contributed by atoms with Crippen molar-refractivity contribution in [3.05, 3.63) is 90.0 Å². The molecular formula is C26H27N3O2. The zero-order chi connectivity index (χ0) is 21.5. The van der Waals surface area contributed by atoms with Gasteiger partial charge in [-0.3, -0.25) is 14.5 Å². The third kappa shape index (κ3) is 5.58. The summed E-state index contributed by atoms with van der Waals surface area (Å²) in [4.78, 5) is 28.7. The van der Waals surface area contributed by atoms with E-state index in [2.05, 4.69) is 52.7 Å². The molecule has 0 saturated carbocycles. The van der Waals surface area contributed by atoms with E-state index in [1.807, 2.05) is 35.2 Å². The summed E-state index contributed by atoms with van der Waals surface area (Å²) in [5.41, 5.74) is 2.27. The third-order valence-corrected chi connectivity index (χ3v) is 5.64. The normalized spacial score (nSPS) is 14.8. The predicted molar refractivity (Wildman–Crippen MR) is 124 cm³/mol. The van der Waals surface area contributed by atoms with Crippen molar-refractivity contribution in [3.8, 4) is 0 Å². The third-order valence-electron chi connectivity index (χ3n) is 5.64. The maximum atomic E-state index is 12.5. The predicted octanol–water partition coefficient (Wildman–Crippen LogP) is 3.31. The highest BCUT2D eigenvalue weighted by atomic mass is 16.2. The molecule has 0 aromatic heterocycles. The lowest BCUT2D eigenvalue weighted by atomic mass is 10.0. The molecule has 158 valence electrons. The van der Waals surface area contributed by atoms with E-state index >= 15 is 0 Å². The van der Waals surface area contributed by atoms with Crippen LogP contribution >= 0.6 is 0 Å². The molecule has 1 aliphatic rings. The summed E-state index contributed by atoms with van der Waals surface area (Å²) in [6, 6.07) is 24.5. The van der Waals surface area contributed by atoms with Crippen molar-refractivity contribution in [2.45, 2.75) is 6.54 Å². The molecule has 0 atom stereocenters. The van der Waals surface area contributed by atoms with E-state index in [4.69, 9.17) is 0 Å². The molecule has 1 heterocycles. The standard InChI is InChI=1S/C26H27N3O2/c30-25(14-13-21-7-2-1-3-8-21)27-19-26(31)29-17-15-28(16-18-29)20-23-11-6-10-22-9-4-5-12-24(22)23/h1-14H,15-20H2,(H,27,30)/b14-13+. The first kappa shape index (κ1) is 20.8. The van der Waals surface area contributed by atoms with E-state index in [0.717, 1.165) is 25.2 Å². The summed E-state index contributed by atoms with van der Waals surface area (Å²) in [6.07, 6.45) is 3.20. The minimum Gasteiger partial charge on any atom is -0.343 e. The zero-order valence-electron chi connectivity index (χ0n) is 17.5. The molecule has 3 aromatic carbocycles. The molecule has 5 heteroatoms. The molecule has 0 bridgehead atoms. The summed E-state index contributed by atoms with van der Waals surface area (Å²) in [6.45, 7) is 3.93. The van der Waals surface area contributed by atoms with Crippen LogP contribution in [-0.2, 0) is 16.1 Å². The number of hydrogen-bond donors (Lipinski definition) is 1. The molecule has 31 heavy (non-hydrogen) atoms. The highest BCUT2D eigenvalue weighted by molar-refractivity contribution is 5.94. The summed E-state index contributed by atoms with van der Waals surface area (Å²) in [7, 11) is 0. The number of nitrogens with one attached hydrogen (secondary N) is 1. The first-order valence-electron chi connectivity index (χ1n) is 10.7. The molecule has 1 fully saturated rings. The second kappa shape index (κ2) is 10.0. The Labute approximate surface area is 183 Å². The fraction of sp³-hybridized carbons (Fsp3) is 0.231. The molecular weight excluding hydrogens is 386 g/mol. The van der Waals surface area contributed by atoms with Gasteiger partial charge in [-0.1, -0.05) is 72.8 Å². The lowest BCUT2D eigenvalue weighted by Gasteiger charge is -2.35. The number of nitrogens with zero attached hydrogens (tertiary/aromatic N) is 2. The molecule has 0 unspecified atom stereocenters. The Morgan fingerprint density at radius 2 is 1.55 bits per heavy atom. The van der Waals surface area contributed by atoms with Crippen LogP contribution in [0.1, 0.15) is 11.1 Å². The Bertz CT molecular complexity index is 1060. The van der Waals surface area contributed by atoms with Crippen LogP contribution in [0.25, 0.3) is 16.8 Å². The lowest BCUT2D eigenvalue weighted by Crippen LogP contribution is -2.50. The molecule has 0 radical (unpaired) electrons. The van der Waals surface area contributed by atoms with Gasteiger partial charge in [0.05, 0.1) is 6.54 Å². The first-order chi connectivity index (χ1) is 15.2. The lowest BCUT2D eigenvalue weighted by molar-refractivity contribution is -0.133. The number of carbonyl (C=O) groups excluding carboxylic acids is 2. The second-order valence-corrected chi connectivity index (χ2v) is 7.76. The highest BCUT2D eigenvalue weighted by Crippen LogP contribution is 2.20. The van der Waals surface area contributed by atoms with Crippen molar-refractivity contribution < 1.29 is 9.59 Å². The number of fused-ring (bicyclic) bond motifs is 1. The summed E-state index contributed by atoms with van der Waals surface area (Å²) in [5.74, 6) is -0.293. The van der Waals surface area contributed by atoms with E-state index in [0.29, 0.717) is 13.1 Å². The van der Waals surface area contributed by atoms with Crippen molar-refractivity contribution in [1.29, 1.82) is 0 Å². The van der Waals surface area contributed by atoms with Crippen molar-refractivity contribution in [2.75, 3.05) is 32.7 Å². The number of benzene rings is 3. The maximum absolute atomic E-state index is 12.5. The monoisotopic (exact) mass is 413 g/mol. The van der Waals surface area contributed by atoms with Gasteiger partial charge in [-0.05, 0) is 28.0 Å². The smallest absolute Gasteiger partial charge is 0.244 e. The van der Waals surface area contributed by atoms with Gasteiger partial charge in [0.2, 0.25) is 11.8 Å². The maximum Gasteiger partial charge on any atom is 0.244 e. The Morgan fingerprint density at radius 3 is 2.35 bits per heavy atom. The van der Waals surface area contributed by atoms with Gasteiger partial charge in [-0.25, -0.2) is 0 Å². The van der Waals surface area contributed by atoms with Gasteiger partial charge < -0.3 is 10.2 Å². The molecule has 1 aliphatic heterocycles. The minimum absolute atomic E-state index is 0.0291. The molecule has 2 amide bonds. The number of amides is 2. The van der Waals surface area contributed by atoms with Crippen LogP contribution in [0.4, 0.5) is 0 Å². The topological polar surface area (TPSA) is 52.7 Å². The van der Waals surface area contributed by atoms with Gasteiger partial charge in [0.25, 0.3) is 0 Å². The molecule has 1 N–H and O–H groups in total. The van der Waals surface area contributed by atoms with Crippen LogP contribution < -0.4 is 5.32 Å². The summed E-state index contributed by atoms with van der Waals surface area (Å²) in [5, 5.41) is 5.23. The Morgan fingerprint density at radius 1 is 0.839 bits per heavy atom. The second-order valence-electron chi connectivity index (χ2n) is 7.76. The first-order valence-corrected chi connectivity index (χ1v) is 10.7. The van der Waals surface area contributed by atoms with Gasteiger partial charge in [0.1, 0.15) is 0 Å². The number of rotatable bonds is 6. The Hall–Kier alpha value is -3.44. The van der Waals surface area contributed by atoms with Crippen molar-refractivity contribution in [2.24, 2.45) is 0 Å². The van der Waals surface area contributed by atoms with E-state index < -0.39 is 0 Å². The van der Waals surface area contributed by atoms with Gasteiger partial charge in [0.15, 0.2) is 0 Å². The number of piperazine rings is 1. The average Bonchev–Trinajstić information content (AvgIpc) is 2.82. The van der Waals surface area contributed by atoms with Crippen LogP contribution in [0.2, 0.25) is 0 Å². The van der Waals surface area contributed by atoms with Crippen LogP contribution in [0.3, 0.4) is 0 Å². The van der Waals surface area contributed by atoms with E-state index in [1.165, 1.54) is 22.4 Å². The molecule has 3 aromatic rings. The number of hydrogen-bond acceptors (Lipinski definition) is 3. The minimum atomic E-state index is -0.258. The summed E-state index contributed by atoms with van der Waals surface area (Å²) < 4.78 is 0. The van der Waals surface area contributed by atoms with Crippen molar-refractivity contribution in [1.82, 2.24) is 15.1 Å². The zero-order valence-corrected chi connectivity index (χ0v) is 17.5. The highest BCUT2D eigenvalue weighted by Gasteiger charge is 2.21. The van der Waals surface area contributed by atoms with Crippen LogP contribution in [0, 0.1) is 0 Å².